The van der Waals surface area contributed by atoms with Gasteiger partial charge in [0.15, 0.2) is 0 Å². The first kappa shape index (κ1) is 12.9. The van der Waals surface area contributed by atoms with E-state index in [0.29, 0.717) is 6.61 Å². The highest BCUT2D eigenvalue weighted by Gasteiger charge is 2.18. The van der Waals surface area contributed by atoms with Gasteiger partial charge in [-0.1, -0.05) is 13.8 Å². The second-order valence-corrected chi connectivity index (χ2v) is 3.29. The number of rotatable bonds is 5. The van der Waals surface area contributed by atoms with Gasteiger partial charge in [-0.25, -0.2) is 4.79 Å². The zero-order valence-corrected chi connectivity index (χ0v) is 9.29. The third-order valence-corrected chi connectivity index (χ3v) is 2.06. The topological polar surface area (TPSA) is 55.4 Å². The van der Waals surface area contributed by atoms with E-state index in [1.807, 2.05) is 13.8 Å². The van der Waals surface area contributed by atoms with Gasteiger partial charge in [0.05, 0.1) is 6.61 Å². The van der Waals surface area contributed by atoms with E-state index in [4.69, 9.17) is 4.74 Å². The van der Waals surface area contributed by atoms with Gasteiger partial charge in [-0.05, 0) is 20.3 Å². The van der Waals surface area contributed by atoms with Crippen molar-refractivity contribution in [2.24, 2.45) is 5.92 Å². The molecule has 14 heavy (non-hydrogen) atoms. The molecule has 0 bridgehead atoms. The van der Waals surface area contributed by atoms with Crippen LogP contribution >= 0.6 is 0 Å². The van der Waals surface area contributed by atoms with Gasteiger partial charge in [0, 0.05) is 5.92 Å². The molecular formula is C10H19NO3. The maximum atomic E-state index is 11.4. The fourth-order valence-electron chi connectivity index (χ4n) is 0.867. The van der Waals surface area contributed by atoms with Crippen molar-refractivity contribution in [1.29, 1.82) is 0 Å². The Hall–Kier alpha value is -1.06. The van der Waals surface area contributed by atoms with Crippen molar-refractivity contribution in [2.75, 3.05) is 6.61 Å². The summed E-state index contributed by atoms with van der Waals surface area (Å²) in [6.07, 6.45) is 0.765. The standard InChI is InChI=1S/C10H19NO3/c1-5-7(3)9(12)11-8(4)10(13)14-6-2/h7-8H,5-6H2,1-4H3,(H,11,12). The van der Waals surface area contributed by atoms with Crippen molar-refractivity contribution in [3.63, 3.8) is 0 Å². The summed E-state index contributed by atoms with van der Waals surface area (Å²) < 4.78 is 4.76. The molecule has 0 heterocycles. The third-order valence-electron chi connectivity index (χ3n) is 2.06. The summed E-state index contributed by atoms with van der Waals surface area (Å²) in [5.74, 6) is -0.552. The van der Waals surface area contributed by atoms with Crippen molar-refractivity contribution >= 4 is 11.9 Å². The van der Waals surface area contributed by atoms with Crippen LogP contribution in [-0.2, 0) is 14.3 Å². The number of carbonyl (C=O) groups is 2. The Labute approximate surface area is 85.0 Å². The molecule has 0 aromatic heterocycles. The molecule has 0 saturated carbocycles. The minimum absolute atomic E-state index is 0.0631. The fourth-order valence-corrected chi connectivity index (χ4v) is 0.867. The summed E-state index contributed by atoms with van der Waals surface area (Å²) in [6.45, 7) is 7.45. The molecule has 2 atom stereocenters. The van der Waals surface area contributed by atoms with Crippen LogP contribution in [0.2, 0.25) is 0 Å². The summed E-state index contributed by atoms with van der Waals surface area (Å²) in [7, 11) is 0. The van der Waals surface area contributed by atoms with Crippen molar-refractivity contribution in [2.45, 2.75) is 40.2 Å². The smallest absolute Gasteiger partial charge is 0.328 e. The van der Waals surface area contributed by atoms with Crippen LogP contribution in [0.4, 0.5) is 0 Å². The minimum atomic E-state index is -0.559. The number of ether oxygens (including phenoxy) is 1. The highest BCUT2D eigenvalue weighted by atomic mass is 16.5. The first-order valence-corrected chi connectivity index (χ1v) is 4.99. The van der Waals surface area contributed by atoms with E-state index in [1.54, 1.807) is 13.8 Å². The number of hydrogen-bond acceptors (Lipinski definition) is 3. The molecule has 0 aromatic carbocycles. The van der Waals surface area contributed by atoms with E-state index >= 15 is 0 Å². The van der Waals surface area contributed by atoms with Crippen molar-refractivity contribution in [1.82, 2.24) is 5.32 Å². The van der Waals surface area contributed by atoms with E-state index < -0.39 is 6.04 Å². The molecule has 0 fully saturated rings. The lowest BCUT2D eigenvalue weighted by atomic mass is 10.1. The molecule has 0 aliphatic carbocycles. The predicted molar refractivity (Wildman–Crippen MR) is 53.7 cm³/mol. The molecule has 0 aliphatic heterocycles. The van der Waals surface area contributed by atoms with E-state index in [1.165, 1.54) is 0 Å². The monoisotopic (exact) mass is 201 g/mol. The molecule has 4 nitrogen and oxygen atoms in total. The summed E-state index contributed by atoms with van der Waals surface area (Å²) in [6, 6.07) is -0.559. The molecule has 0 radical (unpaired) electrons. The second-order valence-electron chi connectivity index (χ2n) is 3.29. The Balaban J connectivity index is 3.99. The molecule has 0 rings (SSSR count). The molecule has 1 N–H and O–H groups in total. The van der Waals surface area contributed by atoms with Crippen LogP contribution < -0.4 is 5.32 Å². The van der Waals surface area contributed by atoms with Crippen LogP contribution in [0, 0.1) is 5.92 Å². The van der Waals surface area contributed by atoms with Crippen molar-refractivity contribution in [3.8, 4) is 0 Å². The van der Waals surface area contributed by atoms with Gasteiger partial charge in [0.25, 0.3) is 0 Å². The van der Waals surface area contributed by atoms with E-state index in [2.05, 4.69) is 5.32 Å². The van der Waals surface area contributed by atoms with Crippen LogP contribution in [-0.4, -0.2) is 24.5 Å². The lowest BCUT2D eigenvalue weighted by molar-refractivity contribution is -0.147. The maximum absolute atomic E-state index is 11.4. The zero-order valence-electron chi connectivity index (χ0n) is 9.29. The van der Waals surface area contributed by atoms with E-state index in [9.17, 15) is 9.59 Å². The van der Waals surface area contributed by atoms with Gasteiger partial charge >= 0.3 is 5.97 Å². The van der Waals surface area contributed by atoms with Gasteiger partial charge in [0.2, 0.25) is 5.91 Å². The molecule has 0 saturated heterocycles. The number of hydrogen-bond donors (Lipinski definition) is 1. The normalized spacial score (nSPS) is 14.3. The number of nitrogens with one attached hydrogen (secondary N) is 1. The van der Waals surface area contributed by atoms with Gasteiger partial charge in [0.1, 0.15) is 6.04 Å². The van der Waals surface area contributed by atoms with Crippen LogP contribution in [0.1, 0.15) is 34.1 Å². The number of amides is 1. The lowest BCUT2D eigenvalue weighted by Crippen LogP contribution is -2.41. The first-order chi connectivity index (χ1) is 6.52. The van der Waals surface area contributed by atoms with E-state index in [0.717, 1.165) is 6.42 Å². The average molecular weight is 201 g/mol. The zero-order chi connectivity index (χ0) is 11.1. The van der Waals surface area contributed by atoms with Gasteiger partial charge in [-0.3, -0.25) is 4.79 Å². The molecule has 82 valence electrons. The Morgan fingerprint density at radius 3 is 2.29 bits per heavy atom. The molecule has 4 heteroatoms. The highest BCUT2D eigenvalue weighted by molar-refractivity contribution is 5.85. The molecule has 0 aliphatic rings. The SMILES string of the molecule is CCOC(=O)C(C)NC(=O)C(C)CC. The highest BCUT2D eigenvalue weighted by Crippen LogP contribution is 2.01. The third kappa shape index (κ3) is 4.25. The van der Waals surface area contributed by atoms with Crippen LogP contribution in [0.3, 0.4) is 0 Å². The predicted octanol–water partition coefficient (Wildman–Crippen LogP) is 1.10. The Bertz CT molecular complexity index is 204. The Morgan fingerprint density at radius 1 is 1.29 bits per heavy atom. The van der Waals surface area contributed by atoms with Crippen LogP contribution in [0.15, 0.2) is 0 Å². The summed E-state index contributed by atoms with van der Waals surface area (Å²) in [5.41, 5.74) is 0. The second kappa shape index (κ2) is 6.40. The van der Waals surface area contributed by atoms with Crippen LogP contribution in [0.25, 0.3) is 0 Å². The molecular weight excluding hydrogens is 182 g/mol. The minimum Gasteiger partial charge on any atom is -0.464 e. The fraction of sp³-hybridized carbons (Fsp3) is 0.800. The van der Waals surface area contributed by atoms with Crippen molar-refractivity contribution in [3.05, 3.63) is 0 Å². The molecule has 0 aromatic rings. The maximum Gasteiger partial charge on any atom is 0.328 e. The summed E-state index contributed by atoms with van der Waals surface area (Å²) >= 11 is 0. The molecule has 0 spiro atoms. The average Bonchev–Trinajstić information content (AvgIpc) is 2.16. The van der Waals surface area contributed by atoms with Gasteiger partial charge < -0.3 is 10.1 Å². The van der Waals surface area contributed by atoms with Crippen molar-refractivity contribution < 1.29 is 14.3 Å². The van der Waals surface area contributed by atoms with Gasteiger partial charge in [-0.15, -0.1) is 0 Å². The number of carbonyl (C=O) groups excluding carboxylic acids is 2. The number of esters is 1. The Morgan fingerprint density at radius 2 is 1.86 bits per heavy atom. The lowest BCUT2D eigenvalue weighted by Gasteiger charge is -2.15. The molecule has 1 amide bonds. The quantitative estimate of drug-likeness (QED) is 0.678. The summed E-state index contributed by atoms with van der Waals surface area (Å²) in [4.78, 5) is 22.5. The first-order valence-electron chi connectivity index (χ1n) is 4.99. The largest absolute Gasteiger partial charge is 0.464 e. The van der Waals surface area contributed by atoms with Crippen LogP contribution in [0.5, 0.6) is 0 Å². The van der Waals surface area contributed by atoms with Gasteiger partial charge in [-0.2, -0.15) is 0 Å². The summed E-state index contributed by atoms with van der Waals surface area (Å²) in [5, 5.41) is 2.60. The van der Waals surface area contributed by atoms with E-state index in [-0.39, 0.29) is 17.8 Å². The Kier molecular flexibility index (Phi) is 5.92. The molecule has 2 unspecified atom stereocenters.